The quantitative estimate of drug-likeness (QED) is 0.0773. The van der Waals surface area contributed by atoms with Crippen molar-refractivity contribution in [1.82, 2.24) is 26.3 Å². The van der Waals surface area contributed by atoms with Crippen molar-refractivity contribution in [3.05, 3.63) is 144 Å². The molecule has 12 nitrogen and oxygen atoms in total. The summed E-state index contributed by atoms with van der Waals surface area (Å²) in [6.45, 7) is -0.514. The number of nitrogens with one attached hydrogen (secondary N) is 5. The largest absolute Gasteiger partial charge is 0.480 e. The summed E-state index contributed by atoms with van der Waals surface area (Å²) in [5.74, 6) is -3.75. The molecule has 5 aromatic rings. The van der Waals surface area contributed by atoms with E-state index in [9.17, 15) is 29.1 Å². The third-order valence-corrected chi connectivity index (χ3v) is 8.62. The van der Waals surface area contributed by atoms with Gasteiger partial charge in [0.2, 0.25) is 23.6 Å². The predicted octanol–water partition coefficient (Wildman–Crippen LogP) is 2.42. The maximum atomic E-state index is 13.6. The monoisotopic (exact) mass is 702 g/mol. The number of rotatable bonds is 17. The molecule has 268 valence electrons. The second-order valence-corrected chi connectivity index (χ2v) is 12.5. The molecule has 0 aliphatic rings. The van der Waals surface area contributed by atoms with Crippen LogP contribution in [-0.4, -0.2) is 70.4 Å². The maximum Gasteiger partial charge on any atom is 0.326 e. The maximum absolute atomic E-state index is 13.6. The van der Waals surface area contributed by atoms with Crippen molar-refractivity contribution in [2.45, 2.75) is 49.9 Å². The number of fused-ring (bicyclic) bond motifs is 1. The van der Waals surface area contributed by atoms with Crippen molar-refractivity contribution < 1.29 is 29.1 Å². The second-order valence-electron chi connectivity index (χ2n) is 12.5. The minimum Gasteiger partial charge on any atom is -0.480 e. The lowest BCUT2D eigenvalue weighted by Gasteiger charge is -2.23. The Morgan fingerprint density at radius 3 is 1.67 bits per heavy atom. The number of aromatic nitrogens is 1. The Bertz CT molecular complexity index is 1970. The molecule has 4 atom stereocenters. The number of para-hydroxylation sites is 1. The molecule has 0 saturated carbocycles. The number of carbonyl (C=O) groups excluding carboxylic acids is 4. The summed E-state index contributed by atoms with van der Waals surface area (Å²) in [6, 6.07) is 30.3. The number of benzene rings is 4. The Hall–Kier alpha value is -6.27. The van der Waals surface area contributed by atoms with Gasteiger partial charge in [-0.05, 0) is 34.7 Å². The summed E-state index contributed by atoms with van der Waals surface area (Å²) < 4.78 is 0. The van der Waals surface area contributed by atoms with Gasteiger partial charge in [-0.15, -0.1) is 0 Å². The molecule has 0 aliphatic heterocycles. The third kappa shape index (κ3) is 10.6. The Morgan fingerprint density at radius 2 is 1.08 bits per heavy atom. The molecule has 1 aromatic heterocycles. The van der Waals surface area contributed by atoms with Crippen LogP contribution in [0.15, 0.2) is 121 Å². The fourth-order valence-electron chi connectivity index (χ4n) is 5.89. The molecule has 0 aliphatic carbocycles. The van der Waals surface area contributed by atoms with E-state index < -0.39 is 60.3 Å². The first-order chi connectivity index (χ1) is 25.2. The smallest absolute Gasteiger partial charge is 0.326 e. The average Bonchev–Trinajstić information content (AvgIpc) is 3.56. The van der Waals surface area contributed by atoms with Gasteiger partial charge in [0.25, 0.3) is 0 Å². The van der Waals surface area contributed by atoms with E-state index in [0.29, 0.717) is 0 Å². The Balaban J connectivity index is 1.27. The number of hydrogen-bond acceptors (Lipinski definition) is 6. The molecule has 4 aromatic carbocycles. The molecular weight excluding hydrogens is 660 g/mol. The average molecular weight is 703 g/mol. The highest BCUT2D eigenvalue weighted by Gasteiger charge is 2.29. The SMILES string of the molecule is N[C@@H](Cc1ccccc1)C(=O)N[C@@H](Cc1c[nH]c2ccccc12)C(=O)NCC(=O)N[C@@H](Cc1ccccc1)C(=O)N[C@@H](Cc1ccccc1)C(=O)O. The minimum atomic E-state index is -1.24. The van der Waals surface area contributed by atoms with E-state index in [1.807, 2.05) is 60.7 Å². The van der Waals surface area contributed by atoms with Gasteiger partial charge in [-0.1, -0.05) is 109 Å². The standard InChI is InChI=1S/C40H42N6O6/c41-31(20-26-12-4-1-5-13-26)37(48)45-34(23-29-24-42-32-19-11-10-18-30(29)32)38(49)43-25-36(47)44-33(21-27-14-6-2-7-15-27)39(50)46-35(40(51)52)22-28-16-8-3-9-17-28/h1-19,24,31,33-35,42H,20-23,25,41H2,(H,43,49)(H,44,47)(H,45,48)(H,46,50)(H,51,52)/t31-,33-,34-,35-/m0/s1. The summed E-state index contributed by atoms with van der Waals surface area (Å²) in [6.07, 6.45) is 2.25. The van der Waals surface area contributed by atoms with Crippen molar-refractivity contribution in [3.8, 4) is 0 Å². The Kier molecular flexibility index (Phi) is 12.9. The molecule has 12 heteroatoms. The third-order valence-electron chi connectivity index (χ3n) is 8.62. The number of nitrogens with two attached hydrogens (primary N) is 1. The van der Waals surface area contributed by atoms with E-state index in [1.54, 1.807) is 60.8 Å². The van der Waals surface area contributed by atoms with Crippen LogP contribution < -0.4 is 27.0 Å². The zero-order chi connectivity index (χ0) is 36.9. The van der Waals surface area contributed by atoms with Crippen molar-refractivity contribution in [3.63, 3.8) is 0 Å². The number of amides is 4. The van der Waals surface area contributed by atoms with Crippen LogP contribution in [0.3, 0.4) is 0 Å². The van der Waals surface area contributed by atoms with Gasteiger partial charge in [-0.25, -0.2) is 4.79 Å². The van der Waals surface area contributed by atoms with E-state index in [4.69, 9.17) is 5.73 Å². The molecule has 0 unspecified atom stereocenters. The molecule has 52 heavy (non-hydrogen) atoms. The minimum absolute atomic E-state index is 0.0442. The summed E-state index contributed by atoms with van der Waals surface area (Å²) >= 11 is 0. The molecule has 0 radical (unpaired) electrons. The van der Waals surface area contributed by atoms with E-state index in [2.05, 4.69) is 26.3 Å². The molecule has 1 heterocycles. The molecule has 0 spiro atoms. The molecule has 4 amide bonds. The van der Waals surface area contributed by atoms with Gasteiger partial charge in [0, 0.05) is 36.4 Å². The van der Waals surface area contributed by atoms with Crippen LogP contribution in [0.4, 0.5) is 0 Å². The molecule has 0 bridgehead atoms. The number of carboxylic acid groups (broad SMARTS) is 1. The zero-order valence-electron chi connectivity index (χ0n) is 28.5. The van der Waals surface area contributed by atoms with Gasteiger partial charge in [-0.2, -0.15) is 0 Å². The lowest BCUT2D eigenvalue weighted by Crippen LogP contribution is -2.56. The van der Waals surface area contributed by atoms with E-state index in [-0.39, 0.29) is 25.7 Å². The number of carbonyl (C=O) groups is 5. The summed E-state index contributed by atoms with van der Waals surface area (Å²) in [5, 5.41) is 21.3. The second kappa shape index (κ2) is 18.1. The summed E-state index contributed by atoms with van der Waals surface area (Å²) in [4.78, 5) is 68.9. The van der Waals surface area contributed by atoms with Crippen molar-refractivity contribution in [2.24, 2.45) is 5.73 Å². The van der Waals surface area contributed by atoms with Crippen LogP contribution in [0.2, 0.25) is 0 Å². The fraction of sp³-hybridized carbons (Fsp3) is 0.225. The summed E-state index contributed by atoms with van der Waals surface area (Å²) in [7, 11) is 0. The lowest BCUT2D eigenvalue weighted by atomic mass is 10.0. The van der Waals surface area contributed by atoms with Crippen LogP contribution in [-0.2, 0) is 49.7 Å². The number of aliphatic carboxylic acids is 1. The molecule has 0 saturated heterocycles. The van der Waals surface area contributed by atoms with Gasteiger partial charge < -0.3 is 37.1 Å². The van der Waals surface area contributed by atoms with E-state index in [1.165, 1.54) is 0 Å². The van der Waals surface area contributed by atoms with Crippen LogP contribution in [0.25, 0.3) is 10.9 Å². The highest BCUT2D eigenvalue weighted by Crippen LogP contribution is 2.19. The lowest BCUT2D eigenvalue weighted by molar-refractivity contribution is -0.142. The summed E-state index contributed by atoms with van der Waals surface area (Å²) in [5.41, 5.74) is 10.2. The van der Waals surface area contributed by atoms with Gasteiger partial charge in [0.15, 0.2) is 0 Å². The first-order valence-electron chi connectivity index (χ1n) is 17.0. The van der Waals surface area contributed by atoms with Gasteiger partial charge in [0.1, 0.15) is 18.1 Å². The Morgan fingerprint density at radius 1 is 0.577 bits per heavy atom. The first-order valence-corrected chi connectivity index (χ1v) is 17.0. The first kappa shape index (κ1) is 37.0. The van der Waals surface area contributed by atoms with Crippen LogP contribution in [0.5, 0.6) is 0 Å². The van der Waals surface area contributed by atoms with E-state index >= 15 is 0 Å². The van der Waals surface area contributed by atoms with Crippen molar-refractivity contribution in [2.75, 3.05) is 6.54 Å². The number of carboxylic acids is 1. The highest BCUT2D eigenvalue weighted by atomic mass is 16.4. The topological polar surface area (TPSA) is 196 Å². The van der Waals surface area contributed by atoms with Crippen LogP contribution >= 0.6 is 0 Å². The molecule has 8 N–H and O–H groups in total. The van der Waals surface area contributed by atoms with Crippen LogP contribution in [0, 0.1) is 0 Å². The van der Waals surface area contributed by atoms with Crippen molar-refractivity contribution in [1.29, 1.82) is 0 Å². The molecule has 5 rings (SSSR count). The Labute approximate surface area is 301 Å². The molecular formula is C40H42N6O6. The van der Waals surface area contributed by atoms with Gasteiger partial charge in [-0.3, -0.25) is 19.2 Å². The normalized spacial score (nSPS) is 13.2. The highest BCUT2D eigenvalue weighted by molar-refractivity contribution is 5.95. The number of hydrogen-bond donors (Lipinski definition) is 7. The van der Waals surface area contributed by atoms with Gasteiger partial charge in [0.05, 0.1) is 12.6 Å². The van der Waals surface area contributed by atoms with Gasteiger partial charge >= 0.3 is 5.97 Å². The zero-order valence-corrected chi connectivity index (χ0v) is 28.5. The van der Waals surface area contributed by atoms with Crippen LogP contribution in [0.1, 0.15) is 22.3 Å². The number of aromatic amines is 1. The van der Waals surface area contributed by atoms with E-state index in [0.717, 1.165) is 33.2 Å². The fourth-order valence-corrected chi connectivity index (χ4v) is 5.89. The van der Waals surface area contributed by atoms with Crippen molar-refractivity contribution >= 4 is 40.5 Å². The molecule has 0 fully saturated rings. The predicted molar refractivity (Wildman–Crippen MR) is 197 cm³/mol. The number of H-pyrrole nitrogens is 1.